The highest BCUT2D eigenvalue weighted by atomic mass is 32.2. The van der Waals surface area contributed by atoms with Crippen LogP contribution in [0.15, 0.2) is 36.4 Å². The predicted octanol–water partition coefficient (Wildman–Crippen LogP) is 2.05. The summed E-state index contributed by atoms with van der Waals surface area (Å²) in [5.74, 6) is -1.48. The number of methoxy groups -OCH3 is 2. The molecule has 1 N–H and O–H groups in total. The van der Waals surface area contributed by atoms with E-state index < -0.39 is 33.6 Å². The zero-order valence-electron chi connectivity index (χ0n) is 18.2. The van der Waals surface area contributed by atoms with Crippen LogP contribution >= 0.6 is 0 Å². The summed E-state index contributed by atoms with van der Waals surface area (Å²) in [5.41, 5.74) is 1.39. The lowest BCUT2D eigenvalue weighted by Gasteiger charge is -2.25. The Morgan fingerprint density at radius 1 is 1.03 bits per heavy atom. The Labute approximate surface area is 186 Å². The molecule has 0 unspecified atom stereocenters. The van der Waals surface area contributed by atoms with Crippen molar-refractivity contribution in [1.29, 1.82) is 0 Å². The lowest BCUT2D eigenvalue weighted by atomic mass is 10.1. The Morgan fingerprint density at radius 2 is 1.56 bits per heavy atom. The summed E-state index contributed by atoms with van der Waals surface area (Å²) < 4.78 is 34.1. The van der Waals surface area contributed by atoms with Crippen molar-refractivity contribution in [1.82, 2.24) is 4.90 Å². The molecule has 3 amide bonds. The van der Waals surface area contributed by atoms with Crippen LogP contribution in [0.3, 0.4) is 0 Å². The third kappa shape index (κ3) is 4.59. The lowest BCUT2D eigenvalue weighted by Crippen LogP contribution is -2.48. The van der Waals surface area contributed by atoms with E-state index >= 15 is 0 Å². The molecule has 9 nitrogen and oxygen atoms in total. The summed E-state index contributed by atoms with van der Waals surface area (Å²) in [6.45, 7) is 1.74. The van der Waals surface area contributed by atoms with Crippen LogP contribution in [0.2, 0.25) is 0 Å². The second kappa shape index (κ2) is 8.99. The number of benzene rings is 2. The van der Waals surface area contributed by atoms with E-state index in [2.05, 4.69) is 5.32 Å². The third-order valence-electron chi connectivity index (χ3n) is 5.19. The van der Waals surface area contributed by atoms with Crippen LogP contribution in [0.4, 0.5) is 5.69 Å². The minimum atomic E-state index is -3.45. The van der Waals surface area contributed by atoms with Gasteiger partial charge in [-0.15, -0.1) is 0 Å². The van der Waals surface area contributed by atoms with Crippen LogP contribution in [0.1, 0.15) is 32.7 Å². The number of carbonyl (C=O) groups excluding carboxylic acids is 3. The van der Waals surface area contributed by atoms with Crippen LogP contribution in [-0.4, -0.2) is 63.3 Å². The van der Waals surface area contributed by atoms with Gasteiger partial charge in [-0.25, -0.2) is 8.42 Å². The highest BCUT2D eigenvalue weighted by Crippen LogP contribution is 2.33. The molecule has 0 saturated carbocycles. The molecule has 1 aliphatic heterocycles. The highest BCUT2D eigenvalue weighted by molar-refractivity contribution is 7.90. The molecule has 0 fully saturated rings. The van der Waals surface area contributed by atoms with Gasteiger partial charge in [-0.3, -0.25) is 19.3 Å². The second-order valence-corrected chi connectivity index (χ2v) is 9.73. The van der Waals surface area contributed by atoms with Gasteiger partial charge < -0.3 is 14.8 Å². The van der Waals surface area contributed by atoms with Crippen molar-refractivity contribution in [3.05, 3.63) is 53.1 Å². The number of amides is 3. The average molecular weight is 461 g/mol. The van der Waals surface area contributed by atoms with Crippen molar-refractivity contribution in [2.75, 3.05) is 31.5 Å². The Bertz CT molecular complexity index is 1160. The van der Waals surface area contributed by atoms with Gasteiger partial charge in [0.2, 0.25) is 5.91 Å². The Hall–Kier alpha value is -3.40. The number of sulfone groups is 1. The standard InChI is InChI=1S/C22H24N2O7S/c1-13-11-18(30-2)19(31-3)12-16(13)23-20(25)17(9-10-32(4,28)29)24-21(26)14-7-5-6-8-15(14)22(24)27/h5-8,11-12,17H,9-10H2,1-4H3,(H,23,25)/t17-/m1/s1. The maximum Gasteiger partial charge on any atom is 0.262 e. The number of aryl methyl sites for hydroxylation is 1. The van der Waals surface area contributed by atoms with E-state index in [4.69, 9.17) is 9.47 Å². The summed E-state index contributed by atoms with van der Waals surface area (Å²) in [7, 11) is -0.515. The molecular weight excluding hydrogens is 436 g/mol. The van der Waals surface area contributed by atoms with Crippen molar-refractivity contribution in [2.45, 2.75) is 19.4 Å². The zero-order valence-corrected chi connectivity index (χ0v) is 19.0. The molecule has 10 heteroatoms. The van der Waals surface area contributed by atoms with Crippen LogP contribution < -0.4 is 14.8 Å². The smallest absolute Gasteiger partial charge is 0.262 e. The maximum absolute atomic E-state index is 13.2. The first-order chi connectivity index (χ1) is 15.1. The lowest BCUT2D eigenvalue weighted by molar-refractivity contribution is -0.120. The number of imide groups is 1. The zero-order chi connectivity index (χ0) is 23.6. The first-order valence-electron chi connectivity index (χ1n) is 9.75. The van der Waals surface area contributed by atoms with Crippen molar-refractivity contribution in [3.63, 3.8) is 0 Å². The molecule has 0 bridgehead atoms. The summed E-state index contributed by atoms with van der Waals surface area (Å²) in [5, 5.41) is 2.70. The maximum atomic E-state index is 13.2. The molecule has 0 spiro atoms. The minimum Gasteiger partial charge on any atom is -0.493 e. The molecule has 0 aliphatic carbocycles. The summed E-state index contributed by atoms with van der Waals surface area (Å²) in [6, 6.07) is 8.14. The van der Waals surface area contributed by atoms with Gasteiger partial charge in [0.25, 0.3) is 11.8 Å². The molecule has 1 aliphatic rings. The van der Waals surface area contributed by atoms with Crippen molar-refractivity contribution in [3.8, 4) is 11.5 Å². The average Bonchev–Trinajstić information content (AvgIpc) is 2.99. The van der Waals surface area contributed by atoms with Gasteiger partial charge in [0.15, 0.2) is 11.5 Å². The molecular formula is C22H24N2O7S. The Morgan fingerprint density at radius 3 is 2.06 bits per heavy atom. The molecule has 0 radical (unpaired) electrons. The topological polar surface area (TPSA) is 119 Å². The number of ether oxygens (including phenoxy) is 2. The van der Waals surface area contributed by atoms with Gasteiger partial charge in [-0.2, -0.15) is 0 Å². The Balaban J connectivity index is 1.96. The number of hydrogen-bond acceptors (Lipinski definition) is 7. The summed E-state index contributed by atoms with van der Waals surface area (Å²) in [4.78, 5) is 39.9. The van der Waals surface area contributed by atoms with E-state index in [1.54, 1.807) is 31.2 Å². The fraction of sp³-hybridized carbons (Fsp3) is 0.318. The van der Waals surface area contributed by atoms with Crippen LogP contribution in [0.5, 0.6) is 11.5 Å². The minimum absolute atomic E-state index is 0.178. The Kier molecular flexibility index (Phi) is 6.54. The predicted molar refractivity (Wildman–Crippen MR) is 118 cm³/mol. The fourth-order valence-electron chi connectivity index (χ4n) is 3.53. The molecule has 1 heterocycles. The molecule has 1 atom stereocenters. The number of nitrogens with one attached hydrogen (secondary N) is 1. The van der Waals surface area contributed by atoms with Gasteiger partial charge in [0.05, 0.1) is 31.1 Å². The monoisotopic (exact) mass is 460 g/mol. The number of anilines is 1. The number of fused-ring (bicyclic) bond motifs is 1. The van der Waals surface area contributed by atoms with E-state index in [9.17, 15) is 22.8 Å². The van der Waals surface area contributed by atoms with Crippen LogP contribution in [0, 0.1) is 6.92 Å². The van der Waals surface area contributed by atoms with Crippen LogP contribution in [0.25, 0.3) is 0 Å². The van der Waals surface area contributed by atoms with Crippen molar-refractivity contribution in [2.24, 2.45) is 0 Å². The molecule has 2 aromatic carbocycles. The molecule has 3 rings (SSSR count). The number of rotatable bonds is 8. The summed E-state index contributed by atoms with van der Waals surface area (Å²) in [6.07, 6.45) is 0.797. The van der Waals surface area contributed by atoms with E-state index in [1.165, 1.54) is 26.4 Å². The normalized spacial score (nSPS) is 14.2. The first-order valence-corrected chi connectivity index (χ1v) is 11.8. The quantitative estimate of drug-likeness (QED) is 0.599. The van der Waals surface area contributed by atoms with Crippen molar-refractivity contribution >= 4 is 33.2 Å². The molecule has 170 valence electrons. The van der Waals surface area contributed by atoms with E-state index in [0.29, 0.717) is 22.7 Å². The third-order valence-corrected chi connectivity index (χ3v) is 6.17. The highest BCUT2D eigenvalue weighted by Gasteiger charge is 2.42. The van der Waals surface area contributed by atoms with Crippen LogP contribution in [-0.2, 0) is 14.6 Å². The number of nitrogens with zero attached hydrogens (tertiary/aromatic N) is 1. The van der Waals surface area contributed by atoms with Gasteiger partial charge in [-0.1, -0.05) is 12.1 Å². The van der Waals surface area contributed by atoms with Gasteiger partial charge in [0, 0.05) is 18.0 Å². The first kappa shape index (κ1) is 23.3. The van der Waals surface area contributed by atoms with Crippen molar-refractivity contribution < 1.29 is 32.3 Å². The molecule has 2 aromatic rings. The molecule has 0 saturated heterocycles. The molecule has 32 heavy (non-hydrogen) atoms. The SMILES string of the molecule is COc1cc(C)c(NC(=O)[C@@H](CCS(C)(=O)=O)N2C(=O)c3ccccc3C2=O)cc1OC. The van der Waals surface area contributed by atoms with E-state index in [-0.39, 0.29) is 23.3 Å². The van der Waals surface area contributed by atoms with Gasteiger partial charge in [0.1, 0.15) is 15.9 Å². The summed E-state index contributed by atoms with van der Waals surface area (Å²) >= 11 is 0. The fourth-order valence-corrected chi connectivity index (χ4v) is 4.18. The number of carbonyl (C=O) groups is 3. The number of hydrogen-bond donors (Lipinski definition) is 1. The van der Waals surface area contributed by atoms with E-state index in [0.717, 1.165) is 11.2 Å². The van der Waals surface area contributed by atoms with Gasteiger partial charge in [-0.05, 0) is 37.1 Å². The van der Waals surface area contributed by atoms with Gasteiger partial charge >= 0.3 is 0 Å². The second-order valence-electron chi connectivity index (χ2n) is 7.47. The largest absolute Gasteiger partial charge is 0.493 e. The van der Waals surface area contributed by atoms with E-state index in [1.807, 2.05) is 0 Å². The molecule has 0 aromatic heterocycles.